The largest absolute Gasteiger partial charge is 0.497 e. The topological polar surface area (TPSA) is 102 Å². The van der Waals surface area contributed by atoms with E-state index in [1.54, 1.807) is 30.3 Å². The minimum atomic E-state index is -4.02. The molecule has 280 valence electrons. The van der Waals surface area contributed by atoms with E-state index in [9.17, 15) is 18.0 Å². The van der Waals surface area contributed by atoms with Crippen LogP contribution in [-0.2, 0) is 39.3 Å². The van der Waals surface area contributed by atoms with Crippen molar-refractivity contribution in [1.82, 2.24) is 4.31 Å². The number of amides is 1. The Hall–Kier alpha value is -5.45. The van der Waals surface area contributed by atoms with Crippen LogP contribution in [0.2, 0.25) is 0 Å². The van der Waals surface area contributed by atoms with Crippen LogP contribution in [0.15, 0.2) is 132 Å². The van der Waals surface area contributed by atoms with Crippen LogP contribution in [0.1, 0.15) is 70.6 Å². The van der Waals surface area contributed by atoms with E-state index in [4.69, 9.17) is 14.2 Å². The summed E-state index contributed by atoms with van der Waals surface area (Å²) in [6.07, 6.45) is 6.07. The van der Waals surface area contributed by atoms with Gasteiger partial charge in [0.15, 0.2) is 0 Å². The normalized spacial score (nSPS) is 13.3. The summed E-state index contributed by atoms with van der Waals surface area (Å²) in [5.74, 6) is 0.250. The van der Waals surface area contributed by atoms with E-state index in [0.717, 1.165) is 21.0 Å². The monoisotopic (exact) mass is 746 g/mol. The molecule has 9 nitrogen and oxygen atoms in total. The van der Waals surface area contributed by atoms with Gasteiger partial charge in [0.05, 0.1) is 25.1 Å². The number of nitrogens with zero attached hydrogens (tertiary/aromatic N) is 2. The molecule has 1 amide bonds. The van der Waals surface area contributed by atoms with Gasteiger partial charge >= 0.3 is 5.97 Å². The molecule has 0 atom stereocenters. The molecule has 1 aliphatic carbocycles. The maximum absolute atomic E-state index is 14.3. The van der Waals surface area contributed by atoms with E-state index in [-0.39, 0.29) is 36.0 Å². The first-order valence-corrected chi connectivity index (χ1v) is 19.7. The molecule has 1 aliphatic rings. The highest BCUT2D eigenvalue weighted by Gasteiger charge is 2.28. The number of ether oxygens (including phenoxy) is 3. The Balaban J connectivity index is 1.31. The Labute approximate surface area is 318 Å². The molecule has 0 bridgehead atoms. The quantitative estimate of drug-likeness (QED) is 0.0990. The van der Waals surface area contributed by atoms with Crippen LogP contribution in [0.5, 0.6) is 11.5 Å². The van der Waals surface area contributed by atoms with E-state index in [1.807, 2.05) is 72.8 Å². The molecule has 1 fully saturated rings. The van der Waals surface area contributed by atoms with Gasteiger partial charge in [-0.2, -0.15) is 4.31 Å². The van der Waals surface area contributed by atoms with Gasteiger partial charge in [-0.05, 0) is 77.4 Å². The summed E-state index contributed by atoms with van der Waals surface area (Å²) in [6.45, 7) is -0.0234. The molecule has 0 aromatic heterocycles. The zero-order valence-electron chi connectivity index (χ0n) is 30.7. The van der Waals surface area contributed by atoms with Crippen molar-refractivity contribution in [2.24, 2.45) is 0 Å². The average molecular weight is 747 g/mol. The number of sulfonamides is 1. The smallest absolute Gasteiger partial charge is 0.342 e. The fraction of sp³-hybridized carbons (Fsp3) is 0.273. The molecule has 1 saturated carbocycles. The Bertz CT molecular complexity index is 2100. The van der Waals surface area contributed by atoms with Gasteiger partial charge in [-0.15, -0.1) is 0 Å². The molecule has 0 saturated heterocycles. The van der Waals surface area contributed by atoms with E-state index in [1.165, 1.54) is 68.9 Å². The van der Waals surface area contributed by atoms with Crippen LogP contribution < -0.4 is 14.4 Å². The lowest BCUT2D eigenvalue weighted by Gasteiger charge is -2.27. The lowest BCUT2D eigenvalue weighted by molar-refractivity contribution is -0.118. The Morgan fingerprint density at radius 2 is 1.35 bits per heavy atom. The highest BCUT2D eigenvalue weighted by molar-refractivity contribution is 7.89. The Morgan fingerprint density at radius 3 is 1.98 bits per heavy atom. The Morgan fingerprint density at radius 1 is 0.722 bits per heavy atom. The molecular formula is C44H46N2O7S. The first-order valence-electron chi connectivity index (χ1n) is 18.2. The molecule has 0 unspecified atom stereocenters. The summed E-state index contributed by atoms with van der Waals surface area (Å²) in [5, 5.41) is 0. The van der Waals surface area contributed by atoms with Gasteiger partial charge in [0, 0.05) is 18.8 Å². The number of likely N-dealkylation sites (N-methyl/N-ethyl adjacent to an activating group) is 1. The lowest BCUT2D eigenvalue weighted by Crippen LogP contribution is -2.41. The number of anilines is 1. The molecule has 0 spiro atoms. The van der Waals surface area contributed by atoms with Crippen molar-refractivity contribution in [3.05, 3.63) is 155 Å². The second kappa shape index (κ2) is 18.1. The third-order valence-corrected chi connectivity index (χ3v) is 11.6. The van der Waals surface area contributed by atoms with E-state index < -0.39 is 28.4 Å². The number of hydrogen-bond acceptors (Lipinski definition) is 7. The van der Waals surface area contributed by atoms with Crippen molar-refractivity contribution in [2.75, 3.05) is 25.6 Å². The molecule has 6 rings (SSSR count). The van der Waals surface area contributed by atoms with Gasteiger partial charge in [-0.3, -0.25) is 4.79 Å². The molecule has 54 heavy (non-hydrogen) atoms. The number of rotatable bonds is 15. The van der Waals surface area contributed by atoms with Gasteiger partial charge in [0.1, 0.15) is 30.3 Å². The maximum Gasteiger partial charge on any atom is 0.342 e. The second-order valence-electron chi connectivity index (χ2n) is 13.5. The number of hydrogen-bond donors (Lipinski definition) is 0. The van der Waals surface area contributed by atoms with Crippen molar-refractivity contribution >= 4 is 27.6 Å². The third-order valence-electron chi connectivity index (χ3n) is 9.77. The van der Waals surface area contributed by atoms with Crippen molar-refractivity contribution in [1.29, 1.82) is 0 Å². The summed E-state index contributed by atoms with van der Waals surface area (Å²) < 4.78 is 45.3. The van der Waals surface area contributed by atoms with Crippen LogP contribution in [0, 0.1) is 0 Å². The number of methoxy groups -OCH3 is 1. The highest BCUT2D eigenvalue weighted by Crippen LogP contribution is 2.34. The zero-order valence-corrected chi connectivity index (χ0v) is 31.5. The minimum absolute atomic E-state index is 0.0402. The predicted molar refractivity (Wildman–Crippen MR) is 209 cm³/mol. The molecule has 0 N–H and O–H groups in total. The van der Waals surface area contributed by atoms with Crippen LogP contribution in [-0.4, -0.2) is 45.3 Å². The minimum Gasteiger partial charge on any atom is -0.497 e. The molecule has 5 aromatic carbocycles. The summed E-state index contributed by atoms with van der Waals surface area (Å²) >= 11 is 0. The Kier molecular flexibility index (Phi) is 12.8. The van der Waals surface area contributed by atoms with Crippen molar-refractivity contribution < 1.29 is 32.2 Å². The summed E-state index contributed by atoms with van der Waals surface area (Å²) in [6, 6.07) is 38.2. The molecule has 0 aliphatic heterocycles. The van der Waals surface area contributed by atoms with Gasteiger partial charge in [0.2, 0.25) is 15.9 Å². The maximum atomic E-state index is 14.3. The van der Waals surface area contributed by atoms with Crippen LogP contribution in [0.3, 0.4) is 0 Å². The first kappa shape index (κ1) is 38.3. The number of esters is 1. The summed E-state index contributed by atoms with van der Waals surface area (Å²) in [5.41, 5.74) is 4.54. The first-order chi connectivity index (χ1) is 26.2. The summed E-state index contributed by atoms with van der Waals surface area (Å²) in [7, 11) is -1.13. The van der Waals surface area contributed by atoms with Crippen LogP contribution >= 0.6 is 0 Å². The number of benzene rings is 5. The summed E-state index contributed by atoms with van der Waals surface area (Å²) in [4.78, 5) is 29.3. The molecule has 0 radical (unpaired) electrons. The van der Waals surface area contributed by atoms with E-state index >= 15 is 0 Å². The van der Waals surface area contributed by atoms with Crippen molar-refractivity contribution in [3.63, 3.8) is 0 Å². The van der Waals surface area contributed by atoms with Gasteiger partial charge in [-0.1, -0.05) is 104 Å². The molecule has 0 heterocycles. The van der Waals surface area contributed by atoms with E-state index in [0.29, 0.717) is 17.4 Å². The zero-order chi connectivity index (χ0) is 37.9. The second-order valence-corrected chi connectivity index (χ2v) is 15.6. The number of carbonyl (C=O) groups excluding carboxylic acids is 2. The van der Waals surface area contributed by atoms with Crippen molar-refractivity contribution in [2.45, 2.75) is 62.7 Å². The lowest BCUT2D eigenvalue weighted by atomic mass is 9.84. The highest BCUT2D eigenvalue weighted by atomic mass is 32.2. The van der Waals surface area contributed by atoms with Crippen LogP contribution in [0.4, 0.5) is 5.69 Å². The SMILES string of the molecule is COc1ccc(S(=O)(=O)N(C)CC(=O)N(Cc2ccc(C3CCCCC3)cc2)c2ccc(C(=O)OCc3ccccc3)c(OCc3ccccc3)c2)cc1. The van der Waals surface area contributed by atoms with Gasteiger partial charge in [0.25, 0.3) is 0 Å². The standard InChI is InChI=1S/C44H46N2O7S/c1-45(54(49,50)40-25-23-39(51-2)24-26-40)30-43(47)46(29-33-18-20-37(21-19-33)36-16-10-5-11-17-36)38-22-27-41(44(48)53-32-35-14-8-4-9-15-35)42(28-38)52-31-34-12-6-3-7-13-34/h3-4,6-9,12-15,18-28,36H,5,10-11,16-17,29-32H2,1-2H3. The van der Waals surface area contributed by atoms with E-state index in [2.05, 4.69) is 12.1 Å². The number of carbonyl (C=O) groups is 2. The van der Waals surface area contributed by atoms with Crippen LogP contribution in [0.25, 0.3) is 0 Å². The molecular weight excluding hydrogens is 701 g/mol. The fourth-order valence-electron chi connectivity index (χ4n) is 6.63. The molecule has 10 heteroatoms. The fourth-order valence-corrected chi connectivity index (χ4v) is 7.75. The third kappa shape index (κ3) is 9.75. The van der Waals surface area contributed by atoms with Crippen molar-refractivity contribution in [3.8, 4) is 11.5 Å². The predicted octanol–water partition coefficient (Wildman–Crippen LogP) is 8.53. The van der Waals surface area contributed by atoms with Gasteiger partial charge < -0.3 is 19.1 Å². The average Bonchev–Trinajstić information content (AvgIpc) is 3.22. The molecule has 5 aromatic rings. The van der Waals surface area contributed by atoms with Gasteiger partial charge in [-0.25, -0.2) is 13.2 Å².